The highest BCUT2D eigenvalue weighted by Gasteiger charge is 2.26. The van der Waals surface area contributed by atoms with Crippen LogP contribution in [0.25, 0.3) is 0 Å². The van der Waals surface area contributed by atoms with Crippen molar-refractivity contribution in [1.82, 2.24) is 0 Å². The molecule has 0 bridgehead atoms. The minimum Gasteiger partial charge on any atom is -0.490 e. The molecule has 3 atom stereocenters. The molecule has 0 radical (unpaired) electrons. The van der Waals surface area contributed by atoms with Gasteiger partial charge in [0.1, 0.15) is 5.75 Å². The molecular weight excluding hydrogens is 249 g/mol. The molecule has 0 spiro atoms. The number of halogens is 1. The minimum absolute atomic E-state index is 0.0760. The first-order chi connectivity index (χ1) is 8.97. The number of rotatable bonds is 3. The normalized spacial score (nSPS) is 27.0. The highest BCUT2D eigenvalue weighted by Crippen LogP contribution is 2.32. The van der Waals surface area contributed by atoms with Crippen LogP contribution in [0.4, 0.5) is 10.1 Å². The molecule has 4 nitrogen and oxygen atoms in total. The van der Waals surface area contributed by atoms with Crippen LogP contribution < -0.4 is 4.74 Å². The van der Waals surface area contributed by atoms with Gasteiger partial charge in [-0.3, -0.25) is 10.1 Å². The molecule has 1 fully saturated rings. The Hall–Kier alpha value is -1.65. The molecule has 0 saturated heterocycles. The molecule has 5 heteroatoms. The zero-order valence-electron chi connectivity index (χ0n) is 11.1. The van der Waals surface area contributed by atoms with Crippen LogP contribution in [0.15, 0.2) is 18.2 Å². The van der Waals surface area contributed by atoms with Crippen molar-refractivity contribution in [1.29, 1.82) is 0 Å². The van der Waals surface area contributed by atoms with E-state index >= 15 is 0 Å². The molecule has 1 aromatic carbocycles. The van der Waals surface area contributed by atoms with Crippen LogP contribution in [0.3, 0.4) is 0 Å². The van der Waals surface area contributed by atoms with Crippen molar-refractivity contribution in [3.8, 4) is 5.75 Å². The van der Waals surface area contributed by atoms with E-state index in [2.05, 4.69) is 13.8 Å². The SMILES string of the molecule is CC1CCC(Oc2ccc([N+](=O)[O-])c(F)c2)CC1C. The Morgan fingerprint density at radius 3 is 2.63 bits per heavy atom. The van der Waals surface area contributed by atoms with E-state index in [1.807, 2.05) is 0 Å². The lowest BCUT2D eigenvalue weighted by Crippen LogP contribution is -2.28. The minimum atomic E-state index is -0.847. The Kier molecular flexibility index (Phi) is 4.02. The summed E-state index contributed by atoms with van der Waals surface area (Å²) in [4.78, 5) is 9.79. The fraction of sp³-hybridized carbons (Fsp3) is 0.571. The monoisotopic (exact) mass is 267 g/mol. The average molecular weight is 267 g/mol. The highest BCUT2D eigenvalue weighted by molar-refractivity contribution is 5.38. The van der Waals surface area contributed by atoms with Gasteiger partial charge in [0.15, 0.2) is 0 Å². The Labute approximate surface area is 111 Å². The van der Waals surface area contributed by atoms with Gasteiger partial charge in [0.25, 0.3) is 0 Å². The number of nitrogens with zero attached hydrogens (tertiary/aromatic N) is 1. The van der Waals surface area contributed by atoms with E-state index in [0.717, 1.165) is 31.4 Å². The molecule has 2 rings (SSSR count). The number of benzene rings is 1. The lowest BCUT2D eigenvalue weighted by molar-refractivity contribution is -0.387. The second-order valence-electron chi connectivity index (χ2n) is 5.38. The van der Waals surface area contributed by atoms with Gasteiger partial charge in [-0.25, -0.2) is 0 Å². The van der Waals surface area contributed by atoms with Crippen LogP contribution in [-0.2, 0) is 0 Å². The first-order valence-corrected chi connectivity index (χ1v) is 6.58. The van der Waals surface area contributed by atoms with Crippen molar-refractivity contribution >= 4 is 5.69 Å². The Morgan fingerprint density at radius 2 is 2.05 bits per heavy atom. The van der Waals surface area contributed by atoms with Gasteiger partial charge in [-0.1, -0.05) is 13.8 Å². The van der Waals surface area contributed by atoms with Crippen molar-refractivity contribution in [2.75, 3.05) is 0 Å². The van der Waals surface area contributed by atoms with Gasteiger partial charge in [0.05, 0.1) is 11.0 Å². The molecule has 0 heterocycles. The summed E-state index contributed by atoms with van der Waals surface area (Å²) in [5.41, 5.74) is -0.516. The van der Waals surface area contributed by atoms with Gasteiger partial charge in [-0.05, 0) is 37.2 Å². The molecule has 0 N–H and O–H groups in total. The fourth-order valence-electron chi connectivity index (χ4n) is 2.51. The molecule has 0 aliphatic heterocycles. The third-order valence-electron chi connectivity index (χ3n) is 3.97. The molecule has 1 aromatic rings. The van der Waals surface area contributed by atoms with Crippen LogP contribution in [0.2, 0.25) is 0 Å². The lowest BCUT2D eigenvalue weighted by Gasteiger charge is -2.32. The average Bonchev–Trinajstić information content (AvgIpc) is 2.33. The van der Waals surface area contributed by atoms with Crippen LogP contribution in [0, 0.1) is 27.8 Å². The Balaban J connectivity index is 2.04. The first kappa shape index (κ1) is 13.8. The third-order valence-corrected chi connectivity index (χ3v) is 3.97. The molecule has 1 aliphatic carbocycles. The van der Waals surface area contributed by atoms with E-state index in [-0.39, 0.29) is 6.10 Å². The predicted octanol–water partition coefficient (Wildman–Crippen LogP) is 3.94. The molecule has 1 aliphatic rings. The maximum absolute atomic E-state index is 13.5. The fourth-order valence-corrected chi connectivity index (χ4v) is 2.51. The van der Waals surface area contributed by atoms with Gasteiger partial charge in [0.2, 0.25) is 5.82 Å². The van der Waals surface area contributed by atoms with E-state index < -0.39 is 16.4 Å². The van der Waals surface area contributed by atoms with Gasteiger partial charge in [0, 0.05) is 12.1 Å². The van der Waals surface area contributed by atoms with Crippen LogP contribution in [0.1, 0.15) is 33.1 Å². The van der Waals surface area contributed by atoms with Crippen molar-refractivity contribution in [2.45, 2.75) is 39.2 Å². The van der Waals surface area contributed by atoms with Crippen molar-refractivity contribution in [3.63, 3.8) is 0 Å². The Bertz CT molecular complexity index is 478. The topological polar surface area (TPSA) is 52.4 Å². The van der Waals surface area contributed by atoms with E-state index in [1.165, 1.54) is 6.07 Å². The maximum atomic E-state index is 13.5. The molecule has 104 valence electrons. The van der Waals surface area contributed by atoms with Crippen molar-refractivity contribution < 1.29 is 14.1 Å². The number of ether oxygens (including phenoxy) is 1. The van der Waals surface area contributed by atoms with E-state index in [4.69, 9.17) is 4.74 Å². The van der Waals surface area contributed by atoms with Crippen LogP contribution in [-0.4, -0.2) is 11.0 Å². The summed E-state index contributed by atoms with van der Waals surface area (Å²) in [6, 6.07) is 3.71. The summed E-state index contributed by atoms with van der Waals surface area (Å²) < 4.78 is 19.2. The van der Waals surface area contributed by atoms with Crippen molar-refractivity contribution in [2.24, 2.45) is 11.8 Å². The quantitative estimate of drug-likeness (QED) is 0.615. The predicted molar refractivity (Wildman–Crippen MR) is 69.6 cm³/mol. The number of hydrogen-bond acceptors (Lipinski definition) is 3. The molecule has 0 aromatic heterocycles. The van der Waals surface area contributed by atoms with E-state index in [9.17, 15) is 14.5 Å². The standard InChI is InChI=1S/C14H18FNO3/c1-9-3-4-11(7-10(9)2)19-12-5-6-14(16(17)18)13(15)8-12/h5-6,8-11H,3-4,7H2,1-2H3. The number of nitro benzene ring substituents is 1. The van der Waals surface area contributed by atoms with E-state index in [0.29, 0.717) is 17.6 Å². The van der Waals surface area contributed by atoms with Crippen LogP contribution in [0.5, 0.6) is 5.75 Å². The molecule has 1 saturated carbocycles. The van der Waals surface area contributed by atoms with Gasteiger partial charge >= 0.3 is 5.69 Å². The summed E-state index contributed by atoms with van der Waals surface area (Å²) in [5.74, 6) is 0.796. The zero-order valence-corrected chi connectivity index (χ0v) is 11.1. The summed E-state index contributed by atoms with van der Waals surface area (Å²) in [5, 5.41) is 10.5. The number of nitro groups is 1. The summed E-state index contributed by atoms with van der Waals surface area (Å²) in [6.07, 6.45) is 3.07. The maximum Gasteiger partial charge on any atom is 0.305 e. The largest absolute Gasteiger partial charge is 0.490 e. The van der Waals surface area contributed by atoms with Crippen LogP contribution >= 0.6 is 0 Å². The Morgan fingerprint density at radius 1 is 1.32 bits per heavy atom. The third kappa shape index (κ3) is 3.22. The molecule has 3 unspecified atom stereocenters. The molecular formula is C14H18FNO3. The second-order valence-corrected chi connectivity index (χ2v) is 5.38. The second kappa shape index (κ2) is 5.55. The first-order valence-electron chi connectivity index (χ1n) is 6.58. The van der Waals surface area contributed by atoms with Gasteiger partial charge < -0.3 is 4.74 Å². The van der Waals surface area contributed by atoms with Gasteiger partial charge in [-0.2, -0.15) is 4.39 Å². The lowest BCUT2D eigenvalue weighted by atomic mass is 9.80. The zero-order chi connectivity index (χ0) is 14.0. The summed E-state index contributed by atoms with van der Waals surface area (Å²) in [7, 11) is 0. The highest BCUT2D eigenvalue weighted by atomic mass is 19.1. The van der Waals surface area contributed by atoms with E-state index in [1.54, 1.807) is 0 Å². The molecule has 19 heavy (non-hydrogen) atoms. The smallest absolute Gasteiger partial charge is 0.305 e. The summed E-state index contributed by atoms with van der Waals surface area (Å²) in [6.45, 7) is 4.42. The van der Waals surface area contributed by atoms with Gasteiger partial charge in [-0.15, -0.1) is 0 Å². The van der Waals surface area contributed by atoms with Crippen molar-refractivity contribution in [3.05, 3.63) is 34.1 Å². The number of hydrogen-bond donors (Lipinski definition) is 0. The molecule has 0 amide bonds. The summed E-state index contributed by atoms with van der Waals surface area (Å²) >= 11 is 0.